The van der Waals surface area contributed by atoms with Crippen LogP contribution >= 0.6 is 0 Å². The summed E-state index contributed by atoms with van der Waals surface area (Å²) in [7, 11) is 0. The monoisotopic (exact) mass is 297 g/mol. The summed E-state index contributed by atoms with van der Waals surface area (Å²) in [6.45, 7) is 10.1. The van der Waals surface area contributed by atoms with Crippen molar-refractivity contribution < 1.29 is 14.4 Å². The average molecular weight is 297 g/mol. The summed E-state index contributed by atoms with van der Waals surface area (Å²) in [5.74, 6) is 0.0266. The second-order valence-electron chi connectivity index (χ2n) is 6.04. The summed E-state index contributed by atoms with van der Waals surface area (Å²) in [6.07, 6.45) is 0.868. The van der Waals surface area contributed by atoms with E-state index in [9.17, 15) is 14.4 Å². The van der Waals surface area contributed by atoms with E-state index in [0.717, 1.165) is 19.5 Å². The van der Waals surface area contributed by atoms with Gasteiger partial charge in [0.15, 0.2) is 5.78 Å². The molecule has 6 heteroatoms. The number of carbonyl (C=O) groups excluding carboxylic acids is 3. The van der Waals surface area contributed by atoms with Gasteiger partial charge in [-0.25, -0.2) is 0 Å². The highest BCUT2D eigenvalue weighted by molar-refractivity contribution is 5.88. The predicted molar refractivity (Wildman–Crippen MR) is 80.8 cm³/mol. The molecule has 1 unspecified atom stereocenters. The largest absolute Gasteiger partial charge is 0.345 e. The molecule has 0 saturated carbocycles. The van der Waals surface area contributed by atoms with Crippen LogP contribution in [0.3, 0.4) is 0 Å². The summed E-state index contributed by atoms with van der Waals surface area (Å²) in [5.41, 5.74) is 0. The van der Waals surface area contributed by atoms with E-state index in [0.29, 0.717) is 13.1 Å². The summed E-state index contributed by atoms with van der Waals surface area (Å²) in [6, 6.07) is -0.418. The van der Waals surface area contributed by atoms with Crippen molar-refractivity contribution in [1.82, 2.24) is 15.1 Å². The third kappa shape index (κ3) is 5.83. The van der Waals surface area contributed by atoms with Crippen molar-refractivity contribution in [3.05, 3.63) is 0 Å². The minimum Gasteiger partial charge on any atom is -0.345 e. The van der Waals surface area contributed by atoms with E-state index in [1.165, 1.54) is 6.92 Å². The summed E-state index contributed by atoms with van der Waals surface area (Å²) >= 11 is 0. The molecular formula is C15H27N3O3. The van der Waals surface area contributed by atoms with E-state index in [2.05, 4.69) is 5.32 Å². The predicted octanol–water partition coefficient (Wildman–Crippen LogP) is 0.270. The van der Waals surface area contributed by atoms with Crippen molar-refractivity contribution in [2.45, 2.75) is 40.2 Å². The molecule has 1 N–H and O–H groups in total. The van der Waals surface area contributed by atoms with Gasteiger partial charge in [-0.2, -0.15) is 0 Å². The van der Waals surface area contributed by atoms with Crippen LogP contribution in [0.25, 0.3) is 0 Å². The van der Waals surface area contributed by atoms with Gasteiger partial charge in [0.05, 0.1) is 12.6 Å². The zero-order chi connectivity index (χ0) is 16.0. The molecule has 1 rings (SSSR count). The first-order valence-corrected chi connectivity index (χ1v) is 7.59. The van der Waals surface area contributed by atoms with Gasteiger partial charge in [0.25, 0.3) is 0 Å². The van der Waals surface area contributed by atoms with Crippen molar-refractivity contribution >= 4 is 17.6 Å². The molecule has 0 aromatic rings. The van der Waals surface area contributed by atoms with E-state index < -0.39 is 6.04 Å². The SMILES string of the molecule is CC(=O)C(NC(=O)CN1CCCN(C(C)=O)CC1)C(C)C. The summed E-state index contributed by atoms with van der Waals surface area (Å²) in [5, 5.41) is 2.81. The second-order valence-corrected chi connectivity index (χ2v) is 6.04. The highest BCUT2D eigenvalue weighted by Crippen LogP contribution is 2.05. The van der Waals surface area contributed by atoms with Gasteiger partial charge in [-0.05, 0) is 19.3 Å². The standard InChI is InChI=1S/C15H27N3O3/c1-11(2)15(12(3)19)16-14(21)10-17-6-5-7-18(9-8-17)13(4)20/h11,15H,5-10H2,1-4H3,(H,16,21). The van der Waals surface area contributed by atoms with Crippen LogP contribution < -0.4 is 5.32 Å². The number of ketones is 1. The molecule has 1 fully saturated rings. The lowest BCUT2D eigenvalue weighted by Gasteiger charge is -2.23. The quantitative estimate of drug-likeness (QED) is 0.791. The van der Waals surface area contributed by atoms with Crippen LogP contribution in [0.2, 0.25) is 0 Å². The van der Waals surface area contributed by atoms with Crippen molar-refractivity contribution in [2.75, 3.05) is 32.7 Å². The number of amides is 2. The Kier molecular flexibility index (Phi) is 6.81. The fourth-order valence-electron chi connectivity index (χ4n) is 2.60. The molecule has 21 heavy (non-hydrogen) atoms. The number of hydrogen-bond acceptors (Lipinski definition) is 4. The number of Topliss-reactive ketones (excluding diaryl/α,β-unsaturated/α-hetero) is 1. The third-order valence-electron chi connectivity index (χ3n) is 3.82. The highest BCUT2D eigenvalue weighted by Gasteiger charge is 2.23. The van der Waals surface area contributed by atoms with Crippen molar-refractivity contribution in [3.63, 3.8) is 0 Å². The molecule has 1 saturated heterocycles. The maximum absolute atomic E-state index is 12.1. The first-order valence-electron chi connectivity index (χ1n) is 7.59. The Morgan fingerprint density at radius 2 is 1.71 bits per heavy atom. The van der Waals surface area contributed by atoms with Crippen molar-refractivity contribution in [3.8, 4) is 0 Å². The smallest absolute Gasteiger partial charge is 0.234 e. The Morgan fingerprint density at radius 1 is 1.05 bits per heavy atom. The lowest BCUT2D eigenvalue weighted by molar-refractivity contribution is -0.129. The van der Waals surface area contributed by atoms with Gasteiger partial charge in [-0.3, -0.25) is 19.3 Å². The molecule has 0 aromatic carbocycles. The van der Waals surface area contributed by atoms with Crippen LogP contribution in [0, 0.1) is 5.92 Å². The maximum Gasteiger partial charge on any atom is 0.234 e. The van der Waals surface area contributed by atoms with Crippen molar-refractivity contribution in [1.29, 1.82) is 0 Å². The molecule has 1 heterocycles. The minimum absolute atomic E-state index is 0.0167. The zero-order valence-electron chi connectivity index (χ0n) is 13.5. The van der Waals surface area contributed by atoms with E-state index in [4.69, 9.17) is 0 Å². The van der Waals surface area contributed by atoms with E-state index >= 15 is 0 Å². The zero-order valence-corrected chi connectivity index (χ0v) is 13.5. The molecule has 0 aliphatic carbocycles. The fraction of sp³-hybridized carbons (Fsp3) is 0.800. The van der Waals surface area contributed by atoms with E-state index in [-0.39, 0.29) is 30.1 Å². The number of rotatable bonds is 5. The number of nitrogens with zero attached hydrogens (tertiary/aromatic N) is 2. The van der Waals surface area contributed by atoms with Crippen LogP contribution in [0.1, 0.15) is 34.1 Å². The minimum atomic E-state index is -0.418. The fourth-order valence-corrected chi connectivity index (χ4v) is 2.60. The molecule has 6 nitrogen and oxygen atoms in total. The first-order chi connectivity index (χ1) is 9.81. The molecule has 0 aromatic heterocycles. The lowest BCUT2D eigenvalue weighted by atomic mass is 10.0. The number of carbonyl (C=O) groups is 3. The van der Waals surface area contributed by atoms with Crippen LogP contribution in [-0.4, -0.2) is 66.2 Å². The molecule has 0 bridgehead atoms. The molecule has 0 radical (unpaired) electrons. The van der Waals surface area contributed by atoms with E-state index in [1.807, 2.05) is 23.6 Å². The normalized spacial score (nSPS) is 18.2. The van der Waals surface area contributed by atoms with Gasteiger partial charge < -0.3 is 10.2 Å². The van der Waals surface area contributed by atoms with Gasteiger partial charge in [-0.1, -0.05) is 13.8 Å². The Balaban J connectivity index is 2.47. The molecular weight excluding hydrogens is 270 g/mol. The molecule has 1 aliphatic rings. The molecule has 1 atom stereocenters. The van der Waals surface area contributed by atoms with Crippen LogP contribution in [-0.2, 0) is 14.4 Å². The van der Waals surface area contributed by atoms with Gasteiger partial charge in [0, 0.05) is 33.1 Å². The van der Waals surface area contributed by atoms with Gasteiger partial charge in [0.2, 0.25) is 11.8 Å². The highest BCUT2D eigenvalue weighted by atomic mass is 16.2. The number of hydrogen-bond donors (Lipinski definition) is 1. The maximum atomic E-state index is 12.1. The Hall–Kier alpha value is -1.43. The van der Waals surface area contributed by atoms with Crippen LogP contribution in [0.4, 0.5) is 0 Å². The van der Waals surface area contributed by atoms with Crippen molar-refractivity contribution in [2.24, 2.45) is 5.92 Å². The molecule has 2 amide bonds. The summed E-state index contributed by atoms with van der Waals surface area (Å²) in [4.78, 5) is 38.8. The Labute approximate surface area is 126 Å². The molecule has 1 aliphatic heterocycles. The van der Waals surface area contributed by atoms with Gasteiger partial charge in [0.1, 0.15) is 0 Å². The Bertz CT molecular complexity index is 396. The Morgan fingerprint density at radius 3 is 2.24 bits per heavy atom. The molecule has 0 spiro atoms. The van der Waals surface area contributed by atoms with Gasteiger partial charge in [-0.15, -0.1) is 0 Å². The third-order valence-corrected chi connectivity index (χ3v) is 3.82. The first kappa shape index (κ1) is 17.6. The van der Waals surface area contributed by atoms with Gasteiger partial charge >= 0.3 is 0 Å². The topological polar surface area (TPSA) is 69.7 Å². The second kappa shape index (κ2) is 8.12. The van der Waals surface area contributed by atoms with Crippen LogP contribution in [0.5, 0.6) is 0 Å². The van der Waals surface area contributed by atoms with Crippen LogP contribution in [0.15, 0.2) is 0 Å². The number of nitrogens with one attached hydrogen (secondary N) is 1. The van der Waals surface area contributed by atoms with E-state index in [1.54, 1.807) is 6.92 Å². The lowest BCUT2D eigenvalue weighted by Crippen LogP contribution is -2.48. The molecule has 120 valence electrons. The summed E-state index contributed by atoms with van der Waals surface area (Å²) < 4.78 is 0. The average Bonchev–Trinajstić information content (AvgIpc) is 2.60.